The summed E-state index contributed by atoms with van der Waals surface area (Å²) in [7, 11) is -3.48. The van der Waals surface area contributed by atoms with Crippen molar-refractivity contribution in [3.8, 4) is 0 Å². The van der Waals surface area contributed by atoms with Crippen molar-refractivity contribution in [3.05, 3.63) is 65.7 Å². The van der Waals surface area contributed by atoms with Gasteiger partial charge in [0.1, 0.15) is 0 Å². The molecule has 0 radical (unpaired) electrons. The quantitative estimate of drug-likeness (QED) is 0.635. The number of rotatable bonds is 10. The van der Waals surface area contributed by atoms with E-state index >= 15 is 0 Å². The molecule has 0 spiro atoms. The Hall–Kier alpha value is -2.34. The van der Waals surface area contributed by atoms with Crippen molar-refractivity contribution in [2.24, 2.45) is 0 Å². The van der Waals surface area contributed by atoms with Crippen LogP contribution in [-0.4, -0.2) is 26.6 Å². The fourth-order valence-electron chi connectivity index (χ4n) is 3.18. The number of hydrogen-bond acceptors (Lipinski definition) is 3. The summed E-state index contributed by atoms with van der Waals surface area (Å²) in [5.74, 6) is -0.190. The first-order chi connectivity index (χ1) is 13.4. The van der Waals surface area contributed by atoms with Crippen molar-refractivity contribution in [1.82, 2.24) is 5.32 Å². The van der Waals surface area contributed by atoms with Gasteiger partial charge in [-0.15, -0.1) is 0 Å². The lowest BCUT2D eigenvalue weighted by Crippen LogP contribution is -2.36. The number of carbonyl (C=O) groups excluding carboxylic acids is 1. The van der Waals surface area contributed by atoms with E-state index in [1.165, 1.54) is 4.31 Å². The smallest absolute Gasteiger partial charge is 0.253 e. The summed E-state index contributed by atoms with van der Waals surface area (Å²) in [5.41, 5.74) is 1.83. The van der Waals surface area contributed by atoms with Crippen LogP contribution in [0.15, 0.2) is 54.6 Å². The van der Waals surface area contributed by atoms with Gasteiger partial charge in [0.2, 0.25) is 10.0 Å². The van der Waals surface area contributed by atoms with Gasteiger partial charge in [-0.2, -0.15) is 0 Å². The standard InChI is InChI=1S/C22H30N2O3S/c1-4-7-17-28(26,27)24(6-3)21-16-12-11-15-19(21)22(25)23-20(5-2)18-13-9-8-10-14-18/h8-16,20H,4-7,17H2,1-3H3,(H,23,25)/t20-/m0/s1. The van der Waals surface area contributed by atoms with E-state index in [-0.39, 0.29) is 24.2 Å². The van der Waals surface area contributed by atoms with Gasteiger partial charge in [-0.3, -0.25) is 9.10 Å². The fourth-order valence-corrected chi connectivity index (χ4v) is 4.91. The molecule has 0 aromatic heterocycles. The van der Waals surface area contributed by atoms with Crippen LogP contribution in [0.3, 0.4) is 0 Å². The first-order valence-electron chi connectivity index (χ1n) is 9.89. The molecule has 1 atom stereocenters. The van der Waals surface area contributed by atoms with Gasteiger partial charge < -0.3 is 5.32 Å². The Kier molecular flexibility index (Phi) is 8.05. The van der Waals surface area contributed by atoms with E-state index in [1.54, 1.807) is 31.2 Å². The summed E-state index contributed by atoms with van der Waals surface area (Å²) in [6, 6.07) is 16.6. The van der Waals surface area contributed by atoms with E-state index in [1.807, 2.05) is 44.2 Å². The van der Waals surface area contributed by atoms with Crippen molar-refractivity contribution in [3.63, 3.8) is 0 Å². The molecule has 0 bridgehead atoms. The van der Waals surface area contributed by atoms with Gasteiger partial charge in [0, 0.05) is 6.54 Å². The average Bonchev–Trinajstić information content (AvgIpc) is 2.71. The topological polar surface area (TPSA) is 66.5 Å². The van der Waals surface area contributed by atoms with Crippen LogP contribution in [0.25, 0.3) is 0 Å². The lowest BCUT2D eigenvalue weighted by Gasteiger charge is -2.26. The molecule has 0 heterocycles. The van der Waals surface area contributed by atoms with Gasteiger partial charge in [0.05, 0.1) is 23.0 Å². The van der Waals surface area contributed by atoms with E-state index in [9.17, 15) is 13.2 Å². The number of amides is 1. The maximum absolute atomic E-state index is 13.0. The number of carbonyl (C=O) groups is 1. The molecule has 2 rings (SSSR count). The third-order valence-electron chi connectivity index (χ3n) is 4.71. The van der Waals surface area contributed by atoms with E-state index in [0.29, 0.717) is 17.7 Å². The average molecular weight is 403 g/mol. The van der Waals surface area contributed by atoms with Gasteiger partial charge in [-0.1, -0.05) is 62.7 Å². The zero-order chi connectivity index (χ0) is 20.6. The van der Waals surface area contributed by atoms with Gasteiger partial charge in [-0.05, 0) is 37.5 Å². The lowest BCUT2D eigenvalue weighted by atomic mass is 10.0. The van der Waals surface area contributed by atoms with Crippen LogP contribution in [0.1, 0.15) is 62.0 Å². The number of para-hydroxylation sites is 1. The Bertz CT molecular complexity index is 866. The lowest BCUT2D eigenvalue weighted by molar-refractivity contribution is 0.0936. The summed E-state index contributed by atoms with van der Waals surface area (Å²) >= 11 is 0. The van der Waals surface area contributed by atoms with Crippen LogP contribution >= 0.6 is 0 Å². The number of benzene rings is 2. The molecule has 0 aliphatic rings. The van der Waals surface area contributed by atoms with Crippen molar-refractivity contribution in [2.45, 2.75) is 46.1 Å². The third-order valence-corrected chi connectivity index (χ3v) is 6.64. The van der Waals surface area contributed by atoms with Crippen molar-refractivity contribution < 1.29 is 13.2 Å². The highest BCUT2D eigenvalue weighted by Crippen LogP contribution is 2.25. The van der Waals surface area contributed by atoms with E-state index < -0.39 is 10.0 Å². The van der Waals surface area contributed by atoms with Crippen molar-refractivity contribution >= 4 is 21.6 Å². The Morgan fingerprint density at radius 2 is 1.64 bits per heavy atom. The molecule has 2 aromatic carbocycles. The van der Waals surface area contributed by atoms with Crippen LogP contribution in [0.2, 0.25) is 0 Å². The minimum atomic E-state index is -3.48. The predicted octanol–water partition coefficient (Wildman–Crippen LogP) is 4.52. The van der Waals surface area contributed by atoms with Gasteiger partial charge in [0.15, 0.2) is 0 Å². The maximum Gasteiger partial charge on any atom is 0.253 e. The Morgan fingerprint density at radius 3 is 2.25 bits per heavy atom. The number of sulfonamides is 1. The first kappa shape index (κ1) is 22.0. The summed E-state index contributed by atoms with van der Waals surface area (Å²) in [6.45, 7) is 6.04. The predicted molar refractivity (Wildman–Crippen MR) is 115 cm³/mol. The fraction of sp³-hybridized carbons (Fsp3) is 0.409. The minimum absolute atomic E-state index is 0.0783. The maximum atomic E-state index is 13.0. The van der Waals surface area contributed by atoms with Crippen molar-refractivity contribution in [1.29, 1.82) is 0 Å². The minimum Gasteiger partial charge on any atom is -0.345 e. The molecule has 0 aliphatic heterocycles. The molecule has 28 heavy (non-hydrogen) atoms. The molecule has 0 saturated heterocycles. The monoisotopic (exact) mass is 402 g/mol. The van der Waals surface area contributed by atoms with E-state index in [4.69, 9.17) is 0 Å². The molecule has 2 aromatic rings. The molecule has 0 fully saturated rings. The molecule has 1 amide bonds. The second-order valence-electron chi connectivity index (χ2n) is 6.70. The van der Waals surface area contributed by atoms with Gasteiger partial charge in [-0.25, -0.2) is 8.42 Å². The number of hydrogen-bond donors (Lipinski definition) is 1. The third kappa shape index (κ3) is 5.35. The van der Waals surface area contributed by atoms with Crippen molar-refractivity contribution in [2.75, 3.05) is 16.6 Å². The summed E-state index contributed by atoms with van der Waals surface area (Å²) in [6.07, 6.45) is 2.14. The molecular formula is C22H30N2O3S. The Morgan fingerprint density at radius 1 is 1.00 bits per heavy atom. The van der Waals surface area contributed by atoms with Crippen LogP contribution < -0.4 is 9.62 Å². The number of unbranched alkanes of at least 4 members (excludes halogenated alkanes) is 1. The summed E-state index contributed by atoms with van der Waals surface area (Å²) < 4.78 is 26.9. The molecule has 6 heteroatoms. The molecule has 1 N–H and O–H groups in total. The molecule has 0 saturated carbocycles. The first-order valence-corrected chi connectivity index (χ1v) is 11.5. The van der Waals surface area contributed by atoms with Gasteiger partial charge >= 0.3 is 0 Å². The second-order valence-corrected chi connectivity index (χ2v) is 8.71. The second kappa shape index (κ2) is 10.3. The Balaban J connectivity index is 2.32. The normalized spacial score (nSPS) is 12.4. The Labute approximate surface area is 168 Å². The highest BCUT2D eigenvalue weighted by atomic mass is 32.2. The largest absolute Gasteiger partial charge is 0.345 e. The summed E-state index contributed by atoms with van der Waals surface area (Å²) in [5, 5.41) is 3.05. The zero-order valence-electron chi connectivity index (χ0n) is 16.9. The van der Waals surface area contributed by atoms with E-state index in [0.717, 1.165) is 18.4 Å². The van der Waals surface area contributed by atoms with Gasteiger partial charge in [0.25, 0.3) is 5.91 Å². The van der Waals surface area contributed by atoms with Crippen LogP contribution in [0, 0.1) is 0 Å². The van der Waals surface area contributed by atoms with Crippen LogP contribution in [0.5, 0.6) is 0 Å². The highest BCUT2D eigenvalue weighted by Gasteiger charge is 2.25. The highest BCUT2D eigenvalue weighted by molar-refractivity contribution is 7.92. The molecule has 0 unspecified atom stereocenters. The van der Waals surface area contributed by atoms with Crippen LogP contribution in [-0.2, 0) is 10.0 Å². The summed E-state index contributed by atoms with van der Waals surface area (Å²) in [4.78, 5) is 13.0. The molecular weight excluding hydrogens is 372 g/mol. The zero-order valence-corrected chi connectivity index (χ0v) is 17.7. The number of nitrogens with zero attached hydrogens (tertiary/aromatic N) is 1. The molecule has 152 valence electrons. The SMILES string of the molecule is CCCCS(=O)(=O)N(CC)c1ccccc1C(=O)N[C@@H](CC)c1ccccc1. The van der Waals surface area contributed by atoms with Crippen LogP contribution in [0.4, 0.5) is 5.69 Å². The molecule has 5 nitrogen and oxygen atoms in total. The number of nitrogens with one attached hydrogen (secondary N) is 1. The number of anilines is 1. The van der Waals surface area contributed by atoms with E-state index in [2.05, 4.69) is 5.32 Å². The molecule has 0 aliphatic carbocycles.